The molecule has 4 aliphatic carbocycles. The standard InChI is InChI=1S/C29H31F2NO6S2/c1-15-11-17-18-13-20(30)19-12-16(33)7-8-26(19,2)28(18,31)22(34)14-27(17,3)29(15,25(36)37-10-9-32)38-24(35)21-5-6-23(39-4)40-21/h5-8,12,15,17-18,20,22,34H,10-11,13-14H2,1-4H3/t15-,17+,18+,20+,22+,26+,27+,28+,29+/m1/s1. The molecule has 4 aliphatic rings. The smallest absolute Gasteiger partial charge is 0.352 e. The Kier molecular flexibility index (Phi) is 7.08. The molecule has 0 bridgehead atoms. The number of nitrogens with zero attached hydrogens (tertiary/aromatic N) is 1. The number of alkyl halides is 2. The summed E-state index contributed by atoms with van der Waals surface area (Å²) in [6, 6.07) is 5.11. The Balaban J connectivity index is 1.62. The van der Waals surface area contributed by atoms with Crippen molar-refractivity contribution in [3.8, 4) is 6.07 Å². The van der Waals surface area contributed by atoms with Crippen LogP contribution in [0, 0.1) is 39.9 Å². The summed E-state index contributed by atoms with van der Waals surface area (Å²) in [6.07, 6.45) is 1.81. The zero-order chi connectivity index (χ0) is 29.3. The molecule has 0 unspecified atom stereocenters. The maximum atomic E-state index is 17.5. The van der Waals surface area contributed by atoms with Crippen LogP contribution in [0.15, 0.2) is 40.1 Å². The number of ether oxygens (including phenoxy) is 2. The van der Waals surface area contributed by atoms with Crippen LogP contribution < -0.4 is 0 Å². The number of nitriles is 1. The van der Waals surface area contributed by atoms with Gasteiger partial charge in [0.2, 0.25) is 5.60 Å². The Morgan fingerprint density at radius 1 is 1.27 bits per heavy atom. The minimum absolute atomic E-state index is 0.000799. The number of allylic oxidation sites excluding steroid dienone is 4. The molecule has 1 aromatic rings. The van der Waals surface area contributed by atoms with Crippen molar-refractivity contribution in [2.75, 3.05) is 12.9 Å². The summed E-state index contributed by atoms with van der Waals surface area (Å²) in [4.78, 5) is 39.6. The molecule has 5 rings (SSSR count). The van der Waals surface area contributed by atoms with Gasteiger partial charge in [-0.2, -0.15) is 5.26 Å². The van der Waals surface area contributed by atoms with E-state index in [1.807, 2.05) is 6.26 Å². The van der Waals surface area contributed by atoms with E-state index in [-0.39, 0.29) is 29.7 Å². The van der Waals surface area contributed by atoms with E-state index in [1.165, 1.54) is 42.2 Å². The fourth-order valence-electron chi connectivity index (χ4n) is 8.16. The fraction of sp³-hybridized carbons (Fsp3) is 0.586. The minimum Gasteiger partial charge on any atom is -0.447 e. The lowest BCUT2D eigenvalue weighted by Crippen LogP contribution is -2.71. The van der Waals surface area contributed by atoms with Crippen LogP contribution in [0.4, 0.5) is 8.78 Å². The molecular weight excluding hydrogens is 560 g/mol. The number of esters is 2. The summed E-state index contributed by atoms with van der Waals surface area (Å²) >= 11 is 2.64. The van der Waals surface area contributed by atoms with E-state index in [2.05, 4.69) is 0 Å². The van der Waals surface area contributed by atoms with Crippen molar-refractivity contribution < 1.29 is 37.7 Å². The minimum atomic E-state index is -2.35. The van der Waals surface area contributed by atoms with E-state index in [0.29, 0.717) is 0 Å². The summed E-state index contributed by atoms with van der Waals surface area (Å²) in [7, 11) is 0. The van der Waals surface area contributed by atoms with Gasteiger partial charge in [-0.15, -0.1) is 23.1 Å². The molecule has 9 atom stereocenters. The molecule has 40 heavy (non-hydrogen) atoms. The second-order valence-electron chi connectivity index (χ2n) is 11.7. The number of fused-ring (bicyclic) bond motifs is 5. The van der Waals surface area contributed by atoms with Crippen molar-refractivity contribution in [1.82, 2.24) is 0 Å². The predicted molar refractivity (Wildman–Crippen MR) is 144 cm³/mol. The van der Waals surface area contributed by atoms with E-state index >= 15 is 8.78 Å². The Morgan fingerprint density at radius 2 is 2.00 bits per heavy atom. The maximum Gasteiger partial charge on any atom is 0.352 e. The number of hydrogen-bond acceptors (Lipinski definition) is 9. The van der Waals surface area contributed by atoms with Crippen molar-refractivity contribution in [2.45, 2.75) is 67.8 Å². The first-order valence-electron chi connectivity index (χ1n) is 13.2. The Hall–Kier alpha value is -2.55. The normalized spacial score (nSPS) is 41.7. The molecule has 0 aliphatic heterocycles. The monoisotopic (exact) mass is 591 g/mol. The zero-order valence-corrected chi connectivity index (χ0v) is 24.2. The third-order valence-corrected chi connectivity index (χ3v) is 12.1. The van der Waals surface area contributed by atoms with E-state index in [9.17, 15) is 19.5 Å². The molecule has 1 aromatic heterocycles. The topological polar surface area (TPSA) is 114 Å². The molecular formula is C29H31F2NO6S2. The molecule has 214 valence electrons. The lowest BCUT2D eigenvalue weighted by Gasteiger charge is -2.63. The molecule has 7 nitrogen and oxygen atoms in total. The van der Waals surface area contributed by atoms with Crippen molar-refractivity contribution >= 4 is 40.8 Å². The first kappa shape index (κ1) is 29.0. The summed E-state index contributed by atoms with van der Waals surface area (Å²) in [5.74, 6) is -4.59. The zero-order valence-electron chi connectivity index (χ0n) is 22.6. The molecule has 0 radical (unpaired) electrons. The van der Waals surface area contributed by atoms with Crippen LogP contribution in [0.5, 0.6) is 0 Å². The summed E-state index contributed by atoms with van der Waals surface area (Å²) in [5.41, 5.74) is -7.24. The van der Waals surface area contributed by atoms with Crippen LogP contribution >= 0.6 is 23.1 Å². The van der Waals surface area contributed by atoms with Gasteiger partial charge < -0.3 is 14.6 Å². The second kappa shape index (κ2) is 9.78. The maximum absolute atomic E-state index is 17.5. The highest BCUT2D eigenvalue weighted by Crippen LogP contribution is 2.71. The van der Waals surface area contributed by atoms with Gasteiger partial charge in [-0.3, -0.25) is 4.79 Å². The van der Waals surface area contributed by atoms with Crippen LogP contribution in [-0.2, 0) is 19.1 Å². The molecule has 0 saturated heterocycles. The number of carbonyl (C=O) groups excluding carboxylic acids is 3. The highest BCUT2D eigenvalue weighted by Gasteiger charge is 2.78. The van der Waals surface area contributed by atoms with Gasteiger partial charge in [-0.1, -0.05) is 19.9 Å². The first-order chi connectivity index (χ1) is 18.8. The molecule has 0 amide bonds. The van der Waals surface area contributed by atoms with Crippen LogP contribution in [0.1, 0.15) is 49.7 Å². The number of thioether (sulfide) groups is 1. The van der Waals surface area contributed by atoms with Gasteiger partial charge in [0.25, 0.3) is 0 Å². The van der Waals surface area contributed by atoms with Gasteiger partial charge in [-0.25, -0.2) is 18.4 Å². The number of halogens is 2. The third kappa shape index (κ3) is 3.71. The highest BCUT2D eigenvalue weighted by molar-refractivity contribution is 8.00. The van der Waals surface area contributed by atoms with Crippen LogP contribution in [0.25, 0.3) is 0 Å². The molecule has 11 heteroatoms. The average molecular weight is 592 g/mol. The van der Waals surface area contributed by atoms with Crippen LogP contribution in [-0.4, -0.2) is 59.2 Å². The van der Waals surface area contributed by atoms with E-state index in [4.69, 9.17) is 14.7 Å². The van der Waals surface area contributed by atoms with Gasteiger partial charge in [0.05, 0.1) is 10.3 Å². The lowest BCUT2D eigenvalue weighted by atomic mass is 9.44. The highest BCUT2D eigenvalue weighted by atomic mass is 32.2. The molecule has 1 heterocycles. The number of ketones is 1. The van der Waals surface area contributed by atoms with E-state index < -0.39 is 76.5 Å². The first-order valence-corrected chi connectivity index (χ1v) is 15.2. The van der Waals surface area contributed by atoms with Crippen molar-refractivity contribution in [3.63, 3.8) is 0 Å². The third-order valence-electron chi connectivity index (χ3n) is 9.98. The van der Waals surface area contributed by atoms with Gasteiger partial charge in [-0.05, 0) is 68.2 Å². The van der Waals surface area contributed by atoms with Crippen LogP contribution in [0.2, 0.25) is 0 Å². The Labute approximate surface area is 239 Å². The average Bonchev–Trinajstić information content (AvgIpc) is 3.48. The molecule has 1 N–H and O–H groups in total. The fourth-order valence-corrected chi connectivity index (χ4v) is 9.58. The van der Waals surface area contributed by atoms with E-state index in [0.717, 1.165) is 10.3 Å². The quantitative estimate of drug-likeness (QED) is 0.376. The number of aliphatic hydroxyl groups excluding tert-OH is 1. The SMILES string of the molecule is CSc1ccc(C(=O)O[C@]2(C(=O)OCC#N)[C@H](C)C[C@H]3[C@@H]4C[C@H](F)C5=CC(=O)C=C[C@]5(C)[C@@]4(F)[C@@H](O)C[C@@]32C)s1. The second-order valence-corrected chi connectivity index (χ2v) is 13.9. The van der Waals surface area contributed by atoms with Crippen molar-refractivity contribution in [1.29, 1.82) is 5.26 Å². The van der Waals surface area contributed by atoms with Crippen LogP contribution in [0.3, 0.4) is 0 Å². The van der Waals surface area contributed by atoms with E-state index in [1.54, 1.807) is 32.0 Å². The van der Waals surface area contributed by atoms with Crippen molar-refractivity contribution in [2.24, 2.45) is 28.6 Å². The molecule has 3 fully saturated rings. The predicted octanol–water partition coefficient (Wildman–Crippen LogP) is 5.00. The number of rotatable bonds is 5. The van der Waals surface area contributed by atoms with Crippen molar-refractivity contribution in [3.05, 3.63) is 40.8 Å². The summed E-state index contributed by atoms with van der Waals surface area (Å²) < 4.78 is 45.5. The Bertz CT molecular complexity index is 1370. The molecule has 0 spiro atoms. The number of aliphatic hydroxyl groups is 1. The van der Waals surface area contributed by atoms with Gasteiger partial charge in [0.1, 0.15) is 17.1 Å². The summed E-state index contributed by atoms with van der Waals surface area (Å²) in [6.45, 7) is 4.27. The summed E-state index contributed by atoms with van der Waals surface area (Å²) in [5, 5.41) is 20.7. The molecule has 0 aromatic carbocycles. The Morgan fingerprint density at radius 3 is 2.65 bits per heavy atom. The molecule has 3 saturated carbocycles. The number of carbonyl (C=O) groups is 3. The lowest BCUT2D eigenvalue weighted by molar-refractivity contribution is -0.230. The number of hydrogen-bond donors (Lipinski definition) is 1. The largest absolute Gasteiger partial charge is 0.447 e. The van der Waals surface area contributed by atoms with Gasteiger partial charge in [0, 0.05) is 22.7 Å². The number of thiophene rings is 1. The van der Waals surface area contributed by atoms with Gasteiger partial charge in [0.15, 0.2) is 18.1 Å². The van der Waals surface area contributed by atoms with Gasteiger partial charge >= 0.3 is 11.9 Å².